The van der Waals surface area contributed by atoms with E-state index in [2.05, 4.69) is 10.3 Å². The summed E-state index contributed by atoms with van der Waals surface area (Å²) in [6.07, 6.45) is 2.12. The van der Waals surface area contributed by atoms with E-state index < -0.39 is 0 Å². The largest absolute Gasteiger partial charge is 0.396 e. The van der Waals surface area contributed by atoms with Gasteiger partial charge >= 0.3 is 0 Å². The maximum Gasteiger partial charge on any atom is 0.257 e. The number of amides is 1. The number of fused-ring (bicyclic) bond motifs is 1. The average Bonchev–Trinajstić information content (AvgIpc) is 2.43. The molecule has 0 saturated heterocycles. The van der Waals surface area contributed by atoms with Gasteiger partial charge in [-0.2, -0.15) is 0 Å². The number of hydrogen-bond acceptors (Lipinski definition) is 5. The van der Waals surface area contributed by atoms with Crippen molar-refractivity contribution in [1.82, 2.24) is 14.9 Å². The minimum atomic E-state index is -0.225. The molecule has 1 atom stereocenters. The Morgan fingerprint density at radius 3 is 3.21 bits per heavy atom. The minimum Gasteiger partial charge on any atom is -0.396 e. The highest BCUT2D eigenvalue weighted by Crippen LogP contribution is 2.24. The Morgan fingerprint density at radius 1 is 1.68 bits per heavy atom. The highest BCUT2D eigenvalue weighted by molar-refractivity contribution is 7.99. The number of aliphatic hydroxyl groups excluding tert-OH is 1. The van der Waals surface area contributed by atoms with Crippen LogP contribution in [-0.4, -0.2) is 39.5 Å². The van der Waals surface area contributed by atoms with Crippen LogP contribution in [0.2, 0.25) is 0 Å². The van der Waals surface area contributed by atoms with E-state index in [9.17, 15) is 9.59 Å². The molecule has 2 N–H and O–H groups in total. The van der Waals surface area contributed by atoms with Gasteiger partial charge in [-0.25, -0.2) is 4.98 Å². The fraction of sp³-hybridized carbons (Fsp3) is 0.583. The molecule has 1 aliphatic rings. The van der Waals surface area contributed by atoms with Gasteiger partial charge in [-0.15, -0.1) is 0 Å². The van der Waals surface area contributed by atoms with Gasteiger partial charge in [0.15, 0.2) is 5.16 Å². The van der Waals surface area contributed by atoms with Crippen LogP contribution in [0.25, 0.3) is 0 Å². The SMILES string of the molecule is Cc1cnc2n(c1=O)CC(C(=O)NCCCO)CS2. The maximum absolute atomic E-state index is 12.0. The van der Waals surface area contributed by atoms with Crippen LogP contribution in [0, 0.1) is 12.8 Å². The van der Waals surface area contributed by atoms with E-state index in [1.807, 2.05) is 0 Å². The molecule has 0 aliphatic carbocycles. The Bertz CT molecular complexity index is 529. The third-order valence-electron chi connectivity index (χ3n) is 3.00. The summed E-state index contributed by atoms with van der Waals surface area (Å²) in [6, 6.07) is 0. The van der Waals surface area contributed by atoms with Crippen molar-refractivity contribution in [2.45, 2.75) is 25.0 Å². The molecule has 2 rings (SSSR count). The van der Waals surface area contributed by atoms with Crippen LogP contribution in [0.3, 0.4) is 0 Å². The first kappa shape index (κ1) is 14.1. The van der Waals surface area contributed by atoms with Gasteiger partial charge in [0.25, 0.3) is 5.56 Å². The number of nitrogens with one attached hydrogen (secondary N) is 1. The number of hydrogen-bond donors (Lipinski definition) is 2. The summed E-state index contributed by atoms with van der Waals surface area (Å²) in [6.45, 7) is 2.62. The van der Waals surface area contributed by atoms with Crippen LogP contribution in [0.5, 0.6) is 0 Å². The van der Waals surface area contributed by atoms with Gasteiger partial charge in [0.1, 0.15) is 0 Å². The van der Waals surface area contributed by atoms with Crippen LogP contribution in [0.4, 0.5) is 0 Å². The highest BCUT2D eigenvalue weighted by Gasteiger charge is 2.26. The molecule has 6 nitrogen and oxygen atoms in total. The molecule has 0 spiro atoms. The summed E-state index contributed by atoms with van der Waals surface area (Å²) in [7, 11) is 0. The van der Waals surface area contributed by atoms with Gasteiger partial charge in [0.2, 0.25) is 5.91 Å². The van der Waals surface area contributed by atoms with E-state index in [0.29, 0.717) is 36.0 Å². The van der Waals surface area contributed by atoms with Gasteiger partial charge in [-0.1, -0.05) is 11.8 Å². The summed E-state index contributed by atoms with van der Waals surface area (Å²) in [5, 5.41) is 12.1. The van der Waals surface area contributed by atoms with Crippen LogP contribution >= 0.6 is 11.8 Å². The number of aliphatic hydroxyl groups is 1. The van der Waals surface area contributed by atoms with Crippen molar-refractivity contribution in [3.8, 4) is 0 Å². The van der Waals surface area contributed by atoms with Crippen molar-refractivity contribution >= 4 is 17.7 Å². The van der Waals surface area contributed by atoms with E-state index in [4.69, 9.17) is 5.11 Å². The summed E-state index contributed by atoms with van der Waals surface area (Å²) < 4.78 is 1.57. The molecule has 0 aromatic carbocycles. The Hall–Kier alpha value is -1.34. The molecule has 0 bridgehead atoms. The van der Waals surface area contributed by atoms with E-state index in [1.165, 1.54) is 11.8 Å². The van der Waals surface area contributed by atoms with Crippen LogP contribution in [-0.2, 0) is 11.3 Å². The van der Waals surface area contributed by atoms with Crippen molar-refractivity contribution in [3.63, 3.8) is 0 Å². The molecule has 1 unspecified atom stereocenters. The minimum absolute atomic E-state index is 0.0606. The zero-order valence-corrected chi connectivity index (χ0v) is 11.6. The fourth-order valence-electron chi connectivity index (χ4n) is 1.89. The molecule has 1 aromatic heterocycles. The topological polar surface area (TPSA) is 84.2 Å². The van der Waals surface area contributed by atoms with E-state index in [1.54, 1.807) is 17.7 Å². The Balaban J connectivity index is 2.07. The highest BCUT2D eigenvalue weighted by atomic mass is 32.2. The zero-order chi connectivity index (χ0) is 13.8. The number of aromatic nitrogens is 2. The van der Waals surface area contributed by atoms with Crippen LogP contribution in [0.1, 0.15) is 12.0 Å². The van der Waals surface area contributed by atoms with Gasteiger partial charge in [-0.05, 0) is 13.3 Å². The number of carbonyl (C=O) groups is 1. The molecule has 7 heteroatoms. The number of rotatable bonds is 4. The lowest BCUT2D eigenvalue weighted by Crippen LogP contribution is -2.40. The zero-order valence-electron chi connectivity index (χ0n) is 10.8. The molecule has 1 aliphatic heterocycles. The molecule has 0 saturated carbocycles. The first-order chi connectivity index (χ1) is 9.13. The Labute approximate surface area is 115 Å². The molecular weight excluding hydrogens is 266 g/mol. The molecule has 19 heavy (non-hydrogen) atoms. The lowest BCUT2D eigenvalue weighted by Gasteiger charge is -2.24. The number of carbonyl (C=O) groups excluding carboxylic acids is 1. The van der Waals surface area contributed by atoms with Gasteiger partial charge in [0, 0.05) is 37.2 Å². The van der Waals surface area contributed by atoms with Gasteiger partial charge in [0.05, 0.1) is 5.92 Å². The molecule has 1 amide bonds. The number of aryl methyl sites for hydroxylation is 1. The van der Waals surface area contributed by atoms with Gasteiger partial charge in [-0.3, -0.25) is 14.2 Å². The third-order valence-corrected chi connectivity index (χ3v) is 4.16. The van der Waals surface area contributed by atoms with Gasteiger partial charge < -0.3 is 10.4 Å². The lowest BCUT2D eigenvalue weighted by molar-refractivity contribution is -0.124. The molecule has 104 valence electrons. The summed E-state index contributed by atoms with van der Waals surface area (Å²) in [5.74, 6) is 0.331. The number of nitrogens with zero attached hydrogens (tertiary/aromatic N) is 2. The standard InChI is InChI=1S/C12H17N3O3S/c1-8-5-14-12-15(11(8)18)6-9(7-19-12)10(17)13-3-2-4-16/h5,9,16H,2-4,6-7H2,1H3,(H,13,17). The molecule has 2 heterocycles. The monoisotopic (exact) mass is 283 g/mol. The molecule has 1 aromatic rings. The summed E-state index contributed by atoms with van der Waals surface area (Å²) in [5.41, 5.74) is 0.510. The Morgan fingerprint density at radius 2 is 2.47 bits per heavy atom. The van der Waals surface area contributed by atoms with E-state index in [0.717, 1.165) is 0 Å². The maximum atomic E-state index is 12.0. The summed E-state index contributed by atoms with van der Waals surface area (Å²) in [4.78, 5) is 28.1. The second-order valence-corrected chi connectivity index (χ2v) is 5.50. The number of thioether (sulfide) groups is 1. The van der Waals surface area contributed by atoms with Crippen LogP contribution in [0.15, 0.2) is 16.1 Å². The first-order valence-corrected chi connectivity index (χ1v) is 7.20. The molecular formula is C12H17N3O3S. The summed E-state index contributed by atoms with van der Waals surface area (Å²) >= 11 is 1.43. The smallest absolute Gasteiger partial charge is 0.257 e. The second-order valence-electron chi connectivity index (χ2n) is 4.52. The third kappa shape index (κ3) is 3.16. The van der Waals surface area contributed by atoms with Crippen molar-refractivity contribution in [1.29, 1.82) is 0 Å². The van der Waals surface area contributed by atoms with E-state index >= 15 is 0 Å². The predicted molar refractivity (Wildman–Crippen MR) is 72.2 cm³/mol. The Kier molecular flexibility index (Phi) is 4.60. The first-order valence-electron chi connectivity index (χ1n) is 6.21. The second kappa shape index (κ2) is 6.21. The normalized spacial score (nSPS) is 17.9. The lowest BCUT2D eigenvalue weighted by atomic mass is 10.1. The van der Waals surface area contributed by atoms with Crippen molar-refractivity contribution in [3.05, 3.63) is 22.1 Å². The average molecular weight is 283 g/mol. The quantitative estimate of drug-likeness (QED) is 0.589. The van der Waals surface area contributed by atoms with Crippen molar-refractivity contribution < 1.29 is 9.90 Å². The van der Waals surface area contributed by atoms with Crippen LogP contribution < -0.4 is 10.9 Å². The van der Waals surface area contributed by atoms with E-state index in [-0.39, 0.29) is 24.0 Å². The molecule has 0 fully saturated rings. The molecule has 0 radical (unpaired) electrons. The van der Waals surface area contributed by atoms with Crippen molar-refractivity contribution in [2.75, 3.05) is 18.9 Å². The fourth-order valence-corrected chi connectivity index (χ4v) is 2.94. The van der Waals surface area contributed by atoms with Crippen molar-refractivity contribution in [2.24, 2.45) is 5.92 Å². The predicted octanol–water partition coefficient (Wildman–Crippen LogP) is -0.228.